The Morgan fingerprint density at radius 1 is 1.53 bits per heavy atom. The van der Waals surface area contributed by atoms with Gasteiger partial charge in [-0.05, 0) is 12.8 Å². The number of nitrogens with zero attached hydrogens (tertiary/aromatic N) is 2. The van der Waals surface area contributed by atoms with E-state index in [-0.39, 0.29) is 0 Å². The average Bonchev–Trinajstić information content (AvgIpc) is 2.40. The zero-order valence-corrected chi connectivity index (χ0v) is 10.4. The Morgan fingerprint density at radius 3 is 3.06 bits per heavy atom. The van der Waals surface area contributed by atoms with Crippen LogP contribution in [-0.4, -0.2) is 37.3 Å². The van der Waals surface area contributed by atoms with Crippen LogP contribution in [0.3, 0.4) is 0 Å². The van der Waals surface area contributed by atoms with E-state index in [4.69, 9.17) is 9.47 Å². The molecule has 0 bridgehead atoms. The van der Waals surface area contributed by atoms with Gasteiger partial charge in [-0.2, -0.15) is 0 Å². The molecule has 17 heavy (non-hydrogen) atoms. The molecule has 94 valence electrons. The molecule has 1 fully saturated rings. The van der Waals surface area contributed by atoms with Crippen molar-refractivity contribution >= 4 is 5.82 Å². The van der Waals surface area contributed by atoms with E-state index in [0.717, 1.165) is 43.4 Å². The van der Waals surface area contributed by atoms with Crippen molar-refractivity contribution in [1.29, 1.82) is 0 Å². The molecular weight excluding hydrogens is 218 g/mol. The smallest absolute Gasteiger partial charge is 0.136 e. The molecule has 1 unspecified atom stereocenters. The molecule has 1 N–H and O–H groups in total. The fraction of sp³-hybridized carbons (Fsp3) is 0.667. The predicted octanol–water partition coefficient (Wildman–Crippen LogP) is 1.56. The number of hydrogen-bond donors (Lipinski definition) is 1. The number of rotatable bonds is 4. The molecule has 1 aliphatic rings. The minimum Gasteiger partial charge on any atom is -0.381 e. The summed E-state index contributed by atoms with van der Waals surface area (Å²) in [5, 5.41) is 3.06. The Morgan fingerprint density at radius 2 is 2.41 bits per heavy atom. The molecule has 1 aliphatic heterocycles. The molecule has 0 radical (unpaired) electrons. The summed E-state index contributed by atoms with van der Waals surface area (Å²) in [5.41, 5.74) is 0.910. The number of methoxy groups -OCH3 is 1. The first-order chi connectivity index (χ1) is 8.33. The summed E-state index contributed by atoms with van der Waals surface area (Å²) >= 11 is 0. The van der Waals surface area contributed by atoms with Gasteiger partial charge in [0.1, 0.15) is 11.6 Å². The Kier molecular flexibility index (Phi) is 4.28. The third-order valence-electron chi connectivity index (χ3n) is 2.87. The minimum absolute atomic E-state index is 0.313. The number of ether oxygens (including phenoxy) is 2. The minimum atomic E-state index is 0.313. The van der Waals surface area contributed by atoms with Gasteiger partial charge in [-0.15, -0.1) is 0 Å². The van der Waals surface area contributed by atoms with Crippen LogP contribution in [0.4, 0.5) is 5.82 Å². The number of hydrogen-bond acceptors (Lipinski definition) is 5. The second kappa shape index (κ2) is 5.93. The summed E-state index contributed by atoms with van der Waals surface area (Å²) in [6.07, 6.45) is 2.18. The Bertz CT molecular complexity index is 365. The molecule has 0 saturated carbocycles. The zero-order chi connectivity index (χ0) is 12.1. The van der Waals surface area contributed by atoms with Gasteiger partial charge in [0, 0.05) is 32.7 Å². The third kappa shape index (κ3) is 3.14. The predicted molar refractivity (Wildman–Crippen MR) is 65.1 cm³/mol. The van der Waals surface area contributed by atoms with E-state index in [9.17, 15) is 0 Å². The molecule has 0 aliphatic carbocycles. The third-order valence-corrected chi connectivity index (χ3v) is 2.87. The average molecular weight is 237 g/mol. The van der Waals surface area contributed by atoms with Crippen LogP contribution in [0.25, 0.3) is 0 Å². The number of anilines is 1. The lowest BCUT2D eigenvalue weighted by molar-refractivity contribution is 0.0778. The first-order valence-corrected chi connectivity index (χ1v) is 5.95. The molecule has 1 aromatic rings. The van der Waals surface area contributed by atoms with Crippen molar-refractivity contribution in [2.24, 2.45) is 0 Å². The molecular formula is C12H19N3O2. The maximum Gasteiger partial charge on any atom is 0.136 e. The van der Waals surface area contributed by atoms with Crippen LogP contribution in [0.5, 0.6) is 0 Å². The van der Waals surface area contributed by atoms with Gasteiger partial charge in [-0.25, -0.2) is 9.97 Å². The second-order valence-electron chi connectivity index (χ2n) is 4.20. The standard InChI is InChI=1S/C12H19N3O2/c1-13-11-6-10(8-16-2)14-12(15-11)9-4-3-5-17-7-9/h6,9H,3-5,7-8H2,1-2H3,(H,13,14,15). The molecule has 0 aromatic carbocycles. The summed E-state index contributed by atoms with van der Waals surface area (Å²) in [4.78, 5) is 9.04. The van der Waals surface area contributed by atoms with Crippen LogP contribution in [0, 0.1) is 0 Å². The molecule has 0 spiro atoms. The number of aromatic nitrogens is 2. The quantitative estimate of drug-likeness (QED) is 0.861. The van der Waals surface area contributed by atoms with Gasteiger partial charge in [0.15, 0.2) is 0 Å². The van der Waals surface area contributed by atoms with E-state index in [1.165, 1.54) is 0 Å². The molecule has 5 nitrogen and oxygen atoms in total. The van der Waals surface area contributed by atoms with Gasteiger partial charge in [0.25, 0.3) is 0 Å². The van der Waals surface area contributed by atoms with Gasteiger partial charge in [-0.1, -0.05) is 0 Å². The monoisotopic (exact) mass is 237 g/mol. The van der Waals surface area contributed by atoms with E-state index in [1.54, 1.807) is 7.11 Å². The molecule has 5 heteroatoms. The highest BCUT2D eigenvalue weighted by molar-refractivity contribution is 5.35. The number of nitrogens with one attached hydrogen (secondary N) is 1. The highest BCUT2D eigenvalue weighted by atomic mass is 16.5. The topological polar surface area (TPSA) is 56.3 Å². The summed E-state index contributed by atoms with van der Waals surface area (Å²) in [6.45, 7) is 2.09. The van der Waals surface area contributed by atoms with E-state index in [1.807, 2.05) is 13.1 Å². The van der Waals surface area contributed by atoms with Crippen molar-refractivity contribution in [3.63, 3.8) is 0 Å². The maximum atomic E-state index is 5.48. The largest absolute Gasteiger partial charge is 0.381 e. The normalized spacial score (nSPS) is 20.2. The maximum absolute atomic E-state index is 5.48. The van der Waals surface area contributed by atoms with Crippen molar-refractivity contribution in [2.75, 3.05) is 32.7 Å². The van der Waals surface area contributed by atoms with Gasteiger partial charge in [0.05, 0.1) is 18.9 Å². The van der Waals surface area contributed by atoms with Gasteiger partial charge in [0.2, 0.25) is 0 Å². The fourth-order valence-corrected chi connectivity index (χ4v) is 1.99. The van der Waals surface area contributed by atoms with Crippen LogP contribution in [0.2, 0.25) is 0 Å². The van der Waals surface area contributed by atoms with E-state index >= 15 is 0 Å². The zero-order valence-electron chi connectivity index (χ0n) is 10.4. The van der Waals surface area contributed by atoms with Crippen molar-refractivity contribution < 1.29 is 9.47 Å². The Labute approximate surface area is 102 Å². The van der Waals surface area contributed by atoms with Crippen LogP contribution in [0.1, 0.15) is 30.3 Å². The SMILES string of the molecule is CNc1cc(COC)nc(C2CCCOC2)n1. The van der Waals surface area contributed by atoms with Crippen LogP contribution < -0.4 is 5.32 Å². The summed E-state index contributed by atoms with van der Waals surface area (Å²) in [7, 11) is 3.53. The molecule has 1 aromatic heterocycles. The van der Waals surface area contributed by atoms with Crippen molar-refractivity contribution in [3.8, 4) is 0 Å². The molecule has 0 amide bonds. The highest BCUT2D eigenvalue weighted by Gasteiger charge is 2.19. The Balaban J connectivity index is 2.21. The fourth-order valence-electron chi connectivity index (χ4n) is 1.99. The van der Waals surface area contributed by atoms with Crippen molar-refractivity contribution in [3.05, 3.63) is 17.6 Å². The van der Waals surface area contributed by atoms with Crippen LogP contribution >= 0.6 is 0 Å². The van der Waals surface area contributed by atoms with Gasteiger partial charge >= 0.3 is 0 Å². The summed E-state index contributed by atoms with van der Waals surface area (Å²) < 4.78 is 10.6. The lowest BCUT2D eigenvalue weighted by atomic mass is 10.0. The van der Waals surface area contributed by atoms with Gasteiger partial charge in [-0.3, -0.25) is 0 Å². The lowest BCUT2D eigenvalue weighted by Crippen LogP contribution is -2.19. The second-order valence-corrected chi connectivity index (χ2v) is 4.20. The van der Waals surface area contributed by atoms with E-state index < -0.39 is 0 Å². The molecule has 2 heterocycles. The molecule has 2 rings (SSSR count). The van der Waals surface area contributed by atoms with Crippen molar-refractivity contribution in [1.82, 2.24) is 9.97 Å². The summed E-state index contributed by atoms with van der Waals surface area (Å²) in [6, 6.07) is 1.91. The lowest BCUT2D eigenvalue weighted by Gasteiger charge is -2.21. The van der Waals surface area contributed by atoms with Crippen LogP contribution in [-0.2, 0) is 16.1 Å². The molecule has 1 saturated heterocycles. The first kappa shape index (κ1) is 12.3. The first-order valence-electron chi connectivity index (χ1n) is 5.95. The highest BCUT2D eigenvalue weighted by Crippen LogP contribution is 2.23. The Hall–Kier alpha value is -1.20. The van der Waals surface area contributed by atoms with E-state index in [0.29, 0.717) is 12.5 Å². The van der Waals surface area contributed by atoms with Crippen LogP contribution in [0.15, 0.2) is 6.07 Å². The van der Waals surface area contributed by atoms with Gasteiger partial charge < -0.3 is 14.8 Å². The molecule has 1 atom stereocenters. The summed E-state index contributed by atoms with van der Waals surface area (Å²) in [5.74, 6) is 2.02. The van der Waals surface area contributed by atoms with Crippen molar-refractivity contribution in [2.45, 2.75) is 25.4 Å². The van der Waals surface area contributed by atoms with E-state index in [2.05, 4.69) is 15.3 Å².